The molecule has 0 spiro atoms. The summed E-state index contributed by atoms with van der Waals surface area (Å²) in [6, 6.07) is 0.290. The number of nitrogens with zero attached hydrogens (tertiary/aromatic N) is 4. The van der Waals surface area contributed by atoms with Crippen molar-refractivity contribution in [3.05, 3.63) is 18.2 Å². The maximum atomic E-state index is 5.99. The fourth-order valence-corrected chi connectivity index (χ4v) is 2.45. The molecule has 5 nitrogen and oxygen atoms in total. The molecule has 1 aromatic rings. The van der Waals surface area contributed by atoms with E-state index in [0.717, 1.165) is 25.6 Å². The molecule has 0 aromatic carbocycles. The van der Waals surface area contributed by atoms with Gasteiger partial charge in [-0.2, -0.15) is 0 Å². The third-order valence-electron chi connectivity index (χ3n) is 3.68. The molecule has 1 fully saturated rings. The van der Waals surface area contributed by atoms with Crippen molar-refractivity contribution >= 4 is 5.96 Å². The summed E-state index contributed by atoms with van der Waals surface area (Å²) in [5, 5.41) is 0. The number of nitrogens with two attached hydrogens (primary N) is 1. The van der Waals surface area contributed by atoms with E-state index < -0.39 is 0 Å². The van der Waals surface area contributed by atoms with Gasteiger partial charge in [-0.25, -0.2) is 4.98 Å². The Labute approximate surface area is 101 Å². The SMILES string of the molecule is CCn1cncc1C1CN=C(N)N1CC1CC1. The van der Waals surface area contributed by atoms with Crippen LogP contribution in [0.15, 0.2) is 17.5 Å². The third-order valence-corrected chi connectivity index (χ3v) is 3.68. The number of hydrogen-bond acceptors (Lipinski definition) is 4. The Morgan fingerprint density at radius 3 is 3.00 bits per heavy atom. The van der Waals surface area contributed by atoms with Crippen molar-refractivity contribution in [2.45, 2.75) is 32.4 Å². The zero-order chi connectivity index (χ0) is 11.8. The number of aliphatic imine (C=N–C) groups is 1. The zero-order valence-corrected chi connectivity index (χ0v) is 10.2. The number of rotatable bonds is 4. The first-order valence-electron chi connectivity index (χ1n) is 6.36. The Morgan fingerprint density at radius 2 is 2.29 bits per heavy atom. The number of guanidine groups is 1. The summed E-state index contributed by atoms with van der Waals surface area (Å²) in [6.45, 7) is 4.90. The largest absolute Gasteiger partial charge is 0.370 e. The molecule has 2 aliphatic rings. The maximum absolute atomic E-state index is 5.99. The van der Waals surface area contributed by atoms with Gasteiger partial charge in [0.15, 0.2) is 5.96 Å². The summed E-state index contributed by atoms with van der Waals surface area (Å²) >= 11 is 0. The van der Waals surface area contributed by atoms with Gasteiger partial charge >= 0.3 is 0 Å². The van der Waals surface area contributed by atoms with Crippen LogP contribution in [-0.4, -0.2) is 33.5 Å². The molecule has 3 rings (SSSR count). The van der Waals surface area contributed by atoms with Crippen LogP contribution in [-0.2, 0) is 6.54 Å². The minimum absolute atomic E-state index is 0.290. The van der Waals surface area contributed by atoms with Crippen molar-refractivity contribution in [1.82, 2.24) is 14.5 Å². The fraction of sp³-hybridized carbons (Fsp3) is 0.667. The molecule has 5 heteroatoms. The molecule has 92 valence electrons. The molecular weight excluding hydrogens is 214 g/mol. The van der Waals surface area contributed by atoms with E-state index in [1.54, 1.807) is 0 Å². The van der Waals surface area contributed by atoms with Crippen molar-refractivity contribution in [2.75, 3.05) is 13.1 Å². The molecule has 2 heterocycles. The minimum atomic E-state index is 0.290. The molecule has 17 heavy (non-hydrogen) atoms. The lowest BCUT2D eigenvalue weighted by atomic mass is 10.2. The number of aryl methyl sites for hydroxylation is 1. The monoisotopic (exact) mass is 233 g/mol. The molecule has 0 amide bonds. The smallest absolute Gasteiger partial charge is 0.191 e. The lowest BCUT2D eigenvalue weighted by Crippen LogP contribution is -2.38. The van der Waals surface area contributed by atoms with Crippen LogP contribution in [0.25, 0.3) is 0 Å². The topological polar surface area (TPSA) is 59.4 Å². The van der Waals surface area contributed by atoms with Crippen molar-refractivity contribution in [1.29, 1.82) is 0 Å². The Bertz CT molecular complexity index is 432. The standard InChI is InChI=1S/C12H19N5/c1-2-16-8-14-5-10(16)11-6-15-12(13)17(11)7-9-3-4-9/h5,8-9,11H,2-4,6-7H2,1H3,(H2,13,15). The van der Waals surface area contributed by atoms with E-state index in [1.165, 1.54) is 18.5 Å². The van der Waals surface area contributed by atoms with Gasteiger partial charge in [0.25, 0.3) is 0 Å². The highest BCUT2D eigenvalue weighted by molar-refractivity contribution is 5.80. The predicted octanol–water partition coefficient (Wildman–Crippen LogP) is 0.984. The van der Waals surface area contributed by atoms with Crippen LogP contribution >= 0.6 is 0 Å². The van der Waals surface area contributed by atoms with Gasteiger partial charge in [-0.15, -0.1) is 0 Å². The normalized spacial score (nSPS) is 24.2. The Hall–Kier alpha value is -1.52. The van der Waals surface area contributed by atoms with E-state index in [2.05, 4.69) is 26.4 Å². The molecule has 2 N–H and O–H groups in total. The minimum Gasteiger partial charge on any atom is -0.370 e. The fourth-order valence-electron chi connectivity index (χ4n) is 2.45. The van der Waals surface area contributed by atoms with Crippen LogP contribution in [0.5, 0.6) is 0 Å². The molecular formula is C12H19N5. The van der Waals surface area contributed by atoms with Crippen molar-refractivity contribution in [2.24, 2.45) is 16.6 Å². The van der Waals surface area contributed by atoms with Gasteiger partial charge in [0, 0.05) is 13.1 Å². The quantitative estimate of drug-likeness (QED) is 0.843. The van der Waals surface area contributed by atoms with Gasteiger partial charge in [0.1, 0.15) is 0 Å². The Balaban J connectivity index is 1.82. The highest BCUT2D eigenvalue weighted by atomic mass is 15.3. The van der Waals surface area contributed by atoms with Gasteiger partial charge in [-0.05, 0) is 25.7 Å². The van der Waals surface area contributed by atoms with Crippen molar-refractivity contribution in [3.8, 4) is 0 Å². The molecule has 1 atom stereocenters. The van der Waals surface area contributed by atoms with E-state index in [0.29, 0.717) is 5.96 Å². The summed E-state index contributed by atoms with van der Waals surface area (Å²) < 4.78 is 2.18. The molecule has 1 aromatic heterocycles. The molecule has 0 radical (unpaired) electrons. The molecule has 1 aliphatic carbocycles. The number of imidazole rings is 1. The number of aromatic nitrogens is 2. The molecule has 1 aliphatic heterocycles. The van der Waals surface area contributed by atoms with Crippen LogP contribution in [0, 0.1) is 5.92 Å². The van der Waals surface area contributed by atoms with E-state index >= 15 is 0 Å². The summed E-state index contributed by atoms with van der Waals surface area (Å²) in [6.07, 6.45) is 6.51. The molecule has 1 saturated carbocycles. The van der Waals surface area contributed by atoms with Crippen LogP contribution in [0.3, 0.4) is 0 Å². The van der Waals surface area contributed by atoms with Crippen LogP contribution in [0.1, 0.15) is 31.5 Å². The summed E-state index contributed by atoms with van der Waals surface area (Å²) in [7, 11) is 0. The van der Waals surface area contributed by atoms with Gasteiger partial charge in [0.05, 0.1) is 30.8 Å². The first-order valence-corrected chi connectivity index (χ1v) is 6.36. The van der Waals surface area contributed by atoms with Gasteiger partial charge in [-0.3, -0.25) is 4.99 Å². The predicted molar refractivity (Wildman–Crippen MR) is 66.6 cm³/mol. The Kier molecular flexibility index (Phi) is 2.53. The maximum Gasteiger partial charge on any atom is 0.191 e. The van der Waals surface area contributed by atoms with E-state index in [1.807, 2.05) is 12.5 Å². The highest BCUT2D eigenvalue weighted by Crippen LogP contribution is 2.34. The lowest BCUT2D eigenvalue weighted by molar-refractivity contribution is 0.321. The van der Waals surface area contributed by atoms with E-state index in [-0.39, 0.29) is 6.04 Å². The lowest BCUT2D eigenvalue weighted by Gasteiger charge is -2.26. The number of hydrogen-bond donors (Lipinski definition) is 1. The summed E-state index contributed by atoms with van der Waals surface area (Å²) in [4.78, 5) is 10.9. The van der Waals surface area contributed by atoms with E-state index in [4.69, 9.17) is 5.73 Å². The van der Waals surface area contributed by atoms with Crippen LogP contribution < -0.4 is 5.73 Å². The second kappa shape index (κ2) is 4.05. The molecule has 0 bridgehead atoms. The van der Waals surface area contributed by atoms with E-state index in [9.17, 15) is 0 Å². The van der Waals surface area contributed by atoms with Crippen LogP contribution in [0.2, 0.25) is 0 Å². The Morgan fingerprint density at radius 1 is 1.47 bits per heavy atom. The van der Waals surface area contributed by atoms with Crippen LogP contribution in [0.4, 0.5) is 0 Å². The van der Waals surface area contributed by atoms with Crippen molar-refractivity contribution in [3.63, 3.8) is 0 Å². The molecule has 0 saturated heterocycles. The second-order valence-electron chi connectivity index (χ2n) is 4.91. The summed E-state index contributed by atoms with van der Waals surface area (Å²) in [5.41, 5.74) is 7.22. The first kappa shape index (κ1) is 10.6. The van der Waals surface area contributed by atoms with Gasteiger partial charge < -0.3 is 15.2 Å². The summed E-state index contributed by atoms with van der Waals surface area (Å²) in [5.74, 6) is 1.52. The first-order chi connectivity index (χ1) is 8.29. The second-order valence-corrected chi connectivity index (χ2v) is 4.91. The third kappa shape index (κ3) is 1.90. The van der Waals surface area contributed by atoms with Gasteiger partial charge in [0.2, 0.25) is 0 Å². The average Bonchev–Trinajstić information content (AvgIpc) is 2.90. The van der Waals surface area contributed by atoms with Crippen molar-refractivity contribution < 1.29 is 0 Å². The average molecular weight is 233 g/mol. The highest BCUT2D eigenvalue weighted by Gasteiger charge is 2.34. The molecule has 1 unspecified atom stereocenters. The van der Waals surface area contributed by atoms with Gasteiger partial charge in [-0.1, -0.05) is 0 Å². The zero-order valence-electron chi connectivity index (χ0n) is 10.2.